The molecule has 0 heterocycles. The van der Waals surface area contributed by atoms with Gasteiger partial charge in [0.15, 0.2) is 0 Å². The van der Waals surface area contributed by atoms with Crippen molar-refractivity contribution in [2.75, 3.05) is 0 Å². The third-order valence-corrected chi connectivity index (χ3v) is 4.19. The van der Waals surface area contributed by atoms with Crippen molar-refractivity contribution in [3.63, 3.8) is 0 Å². The summed E-state index contributed by atoms with van der Waals surface area (Å²) in [6.07, 6.45) is 11.2. The Hall–Kier alpha value is 0. The van der Waals surface area contributed by atoms with Gasteiger partial charge in [-0.1, -0.05) is 115 Å². The van der Waals surface area contributed by atoms with Crippen LogP contribution in [0.1, 0.15) is 122 Å². The van der Waals surface area contributed by atoms with Crippen molar-refractivity contribution < 1.29 is 0 Å². The van der Waals surface area contributed by atoms with Crippen LogP contribution >= 0.6 is 0 Å². The molecule has 2 unspecified atom stereocenters. The van der Waals surface area contributed by atoms with Crippen molar-refractivity contribution in [2.24, 2.45) is 23.7 Å². The van der Waals surface area contributed by atoms with Gasteiger partial charge in [-0.2, -0.15) is 0 Å². The van der Waals surface area contributed by atoms with E-state index in [4.69, 9.17) is 0 Å². The van der Waals surface area contributed by atoms with Crippen LogP contribution in [0.25, 0.3) is 0 Å². The molecule has 0 rings (SSSR count). The Labute approximate surface area is 145 Å². The molecule has 0 aromatic rings. The van der Waals surface area contributed by atoms with Crippen LogP contribution in [0, 0.1) is 23.7 Å². The lowest BCUT2D eigenvalue weighted by Crippen LogP contribution is -2.10. The third-order valence-electron chi connectivity index (χ3n) is 4.19. The van der Waals surface area contributed by atoms with E-state index in [1.807, 2.05) is 0 Å². The lowest BCUT2D eigenvalue weighted by atomic mass is 9.86. The highest BCUT2D eigenvalue weighted by atomic mass is 14.2. The van der Waals surface area contributed by atoms with Gasteiger partial charge in [-0.25, -0.2) is 0 Å². The quantitative estimate of drug-likeness (QED) is 0.353. The fourth-order valence-electron chi connectivity index (χ4n) is 2.70. The van der Waals surface area contributed by atoms with E-state index in [1.165, 1.54) is 51.4 Å². The predicted molar refractivity (Wildman–Crippen MR) is 110 cm³/mol. The van der Waals surface area contributed by atoms with Crippen LogP contribution in [0.15, 0.2) is 0 Å². The standard InChI is InChI=1S/C11H24.C9H20.2CH4/c1-6-7-10(4)11(5)8-9(2)3;1-4-5-6-7-8-9(2)3;;/h9-11H,6-8H2,1-5H3;9H,4-8H2,1-3H3;2*1H4. The molecule has 140 valence electrons. The maximum atomic E-state index is 2.39. The Balaban J connectivity index is -0.000000137. The monoisotopic (exact) mass is 316 g/mol. The Kier molecular flexibility index (Phi) is 28.6. The van der Waals surface area contributed by atoms with Crippen LogP contribution in [0.2, 0.25) is 0 Å². The molecule has 0 saturated heterocycles. The molecule has 0 aliphatic heterocycles. The van der Waals surface area contributed by atoms with Crippen molar-refractivity contribution in [1.29, 1.82) is 0 Å². The van der Waals surface area contributed by atoms with E-state index in [0.717, 1.165) is 23.7 Å². The summed E-state index contributed by atoms with van der Waals surface area (Å²) in [6.45, 7) is 18.5. The Morgan fingerprint density at radius 2 is 1.09 bits per heavy atom. The van der Waals surface area contributed by atoms with Crippen LogP contribution in [0.3, 0.4) is 0 Å². The summed E-state index contributed by atoms with van der Waals surface area (Å²) in [6, 6.07) is 0. The van der Waals surface area contributed by atoms with E-state index >= 15 is 0 Å². The molecular formula is C22H52. The minimum absolute atomic E-state index is 0. The van der Waals surface area contributed by atoms with E-state index < -0.39 is 0 Å². The van der Waals surface area contributed by atoms with Gasteiger partial charge in [0.05, 0.1) is 0 Å². The van der Waals surface area contributed by atoms with Crippen LogP contribution in [0.5, 0.6) is 0 Å². The fourth-order valence-corrected chi connectivity index (χ4v) is 2.70. The molecule has 0 aromatic carbocycles. The lowest BCUT2D eigenvalue weighted by molar-refractivity contribution is 0.306. The second-order valence-corrected chi connectivity index (χ2v) is 7.62. The molecule has 0 saturated carbocycles. The van der Waals surface area contributed by atoms with Gasteiger partial charge in [0.25, 0.3) is 0 Å². The molecule has 0 heteroatoms. The first kappa shape index (κ1) is 29.9. The van der Waals surface area contributed by atoms with Gasteiger partial charge < -0.3 is 0 Å². The maximum absolute atomic E-state index is 2.39. The molecule has 0 fully saturated rings. The predicted octanol–water partition coefficient (Wildman–Crippen LogP) is 8.99. The lowest BCUT2D eigenvalue weighted by Gasteiger charge is -2.20. The van der Waals surface area contributed by atoms with Gasteiger partial charge in [0, 0.05) is 0 Å². The first-order valence-electron chi connectivity index (χ1n) is 9.34. The van der Waals surface area contributed by atoms with Gasteiger partial charge in [-0.15, -0.1) is 0 Å². The van der Waals surface area contributed by atoms with Crippen molar-refractivity contribution >= 4 is 0 Å². The Bertz CT molecular complexity index is 169. The molecule has 0 spiro atoms. The fraction of sp³-hybridized carbons (Fsp3) is 1.00. The number of unbranched alkanes of at least 4 members (excludes halogenated alkanes) is 3. The van der Waals surface area contributed by atoms with Crippen molar-refractivity contribution in [3.05, 3.63) is 0 Å². The van der Waals surface area contributed by atoms with Crippen LogP contribution in [0.4, 0.5) is 0 Å². The topological polar surface area (TPSA) is 0 Å². The van der Waals surface area contributed by atoms with Crippen molar-refractivity contribution in [3.8, 4) is 0 Å². The maximum Gasteiger partial charge on any atom is -0.0415 e. The third kappa shape index (κ3) is 25.0. The average molecular weight is 317 g/mol. The highest BCUT2D eigenvalue weighted by molar-refractivity contribution is 4.63. The molecule has 0 radical (unpaired) electrons. The van der Waals surface area contributed by atoms with Crippen LogP contribution < -0.4 is 0 Å². The summed E-state index contributed by atoms with van der Waals surface area (Å²) in [5.74, 6) is 3.60. The van der Waals surface area contributed by atoms with E-state index in [2.05, 4.69) is 55.4 Å². The number of hydrogen-bond donors (Lipinski definition) is 0. The molecule has 0 bridgehead atoms. The normalized spacial score (nSPS) is 12.8. The van der Waals surface area contributed by atoms with E-state index in [9.17, 15) is 0 Å². The van der Waals surface area contributed by atoms with E-state index in [0.29, 0.717) is 0 Å². The van der Waals surface area contributed by atoms with Gasteiger partial charge in [0.1, 0.15) is 0 Å². The van der Waals surface area contributed by atoms with Crippen LogP contribution in [-0.4, -0.2) is 0 Å². The largest absolute Gasteiger partial charge is 0.0776 e. The summed E-state index contributed by atoms with van der Waals surface area (Å²) in [7, 11) is 0. The zero-order valence-electron chi connectivity index (χ0n) is 16.0. The smallest absolute Gasteiger partial charge is 0.0415 e. The van der Waals surface area contributed by atoms with Gasteiger partial charge in [-0.05, 0) is 30.1 Å². The first-order chi connectivity index (χ1) is 9.34. The van der Waals surface area contributed by atoms with Crippen molar-refractivity contribution in [2.45, 2.75) is 122 Å². The summed E-state index contributed by atoms with van der Waals surface area (Å²) in [4.78, 5) is 0. The molecule has 0 nitrogen and oxygen atoms in total. The van der Waals surface area contributed by atoms with Gasteiger partial charge in [0.2, 0.25) is 0 Å². The van der Waals surface area contributed by atoms with E-state index in [-0.39, 0.29) is 14.9 Å². The van der Waals surface area contributed by atoms with Gasteiger partial charge >= 0.3 is 0 Å². The van der Waals surface area contributed by atoms with Gasteiger partial charge in [-0.3, -0.25) is 0 Å². The highest BCUT2D eigenvalue weighted by Crippen LogP contribution is 2.23. The minimum Gasteiger partial charge on any atom is -0.0776 e. The molecule has 2 atom stereocenters. The second-order valence-electron chi connectivity index (χ2n) is 7.62. The summed E-state index contributed by atoms with van der Waals surface area (Å²) < 4.78 is 0. The number of hydrogen-bond acceptors (Lipinski definition) is 0. The molecule has 0 N–H and O–H groups in total. The summed E-state index contributed by atoms with van der Waals surface area (Å²) in [5, 5.41) is 0. The van der Waals surface area contributed by atoms with E-state index in [1.54, 1.807) is 0 Å². The number of rotatable bonds is 10. The Morgan fingerprint density at radius 1 is 0.545 bits per heavy atom. The average Bonchev–Trinajstić information content (AvgIpc) is 2.34. The zero-order valence-corrected chi connectivity index (χ0v) is 16.0. The summed E-state index contributed by atoms with van der Waals surface area (Å²) >= 11 is 0. The van der Waals surface area contributed by atoms with Crippen LogP contribution in [-0.2, 0) is 0 Å². The highest BCUT2D eigenvalue weighted by Gasteiger charge is 2.12. The summed E-state index contributed by atoms with van der Waals surface area (Å²) in [5.41, 5.74) is 0. The van der Waals surface area contributed by atoms with Crippen molar-refractivity contribution in [1.82, 2.24) is 0 Å². The Morgan fingerprint density at radius 3 is 1.45 bits per heavy atom. The molecule has 0 aliphatic carbocycles. The molecule has 0 aromatic heterocycles. The SMILES string of the molecule is C.C.CCCC(C)C(C)CC(C)C.CCCCCCC(C)C. The first-order valence-corrected chi connectivity index (χ1v) is 9.34. The molecular weight excluding hydrogens is 264 g/mol. The minimum atomic E-state index is 0. The molecule has 22 heavy (non-hydrogen) atoms. The molecule has 0 aliphatic rings. The zero-order chi connectivity index (χ0) is 16.0. The molecule has 0 amide bonds. The second kappa shape index (κ2) is 21.0.